The van der Waals surface area contributed by atoms with Crippen LogP contribution in [0.2, 0.25) is 0 Å². The zero-order valence-corrected chi connectivity index (χ0v) is 20.6. The van der Waals surface area contributed by atoms with Crippen LogP contribution in [0.25, 0.3) is 6.08 Å². The molecule has 0 saturated carbocycles. The molecule has 0 spiro atoms. The number of anilines is 2. The molecule has 0 aliphatic rings. The van der Waals surface area contributed by atoms with Crippen LogP contribution in [0.15, 0.2) is 70.3 Å². The van der Waals surface area contributed by atoms with Crippen molar-refractivity contribution >= 4 is 23.5 Å². The quantitative estimate of drug-likeness (QED) is 0.375. The van der Waals surface area contributed by atoms with Gasteiger partial charge in [0.1, 0.15) is 18.2 Å². The van der Waals surface area contributed by atoms with Crippen molar-refractivity contribution in [2.45, 2.75) is 32.9 Å². The number of ether oxygens (including phenoxy) is 2. The number of nitrogens with one attached hydrogen (secondary N) is 1. The summed E-state index contributed by atoms with van der Waals surface area (Å²) in [5, 5.41) is 0. The van der Waals surface area contributed by atoms with Crippen molar-refractivity contribution in [1.82, 2.24) is 9.55 Å². The Hall–Kier alpha value is -4.11. The third-order valence-electron chi connectivity index (χ3n) is 5.55. The van der Waals surface area contributed by atoms with Gasteiger partial charge in [0.05, 0.1) is 6.61 Å². The molecule has 3 aromatic rings. The van der Waals surface area contributed by atoms with E-state index in [1.54, 1.807) is 6.08 Å². The summed E-state index contributed by atoms with van der Waals surface area (Å²) in [4.78, 5) is 41.5. The lowest BCUT2D eigenvalue weighted by molar-refractivity contribution is -0.114. The Kier molecular flexibility index (Phi) is 9.64. The number of aromatic nitrogens is 2. The second kappa shape index (κ2) is 13.1. The predicted molar refractivity (Wildman–Crippen MR) is 141 cm³/mol. The van der Waals surface area contributed by atoms with Crippen LogP contribution in [0.3, 0.4) is 0 Å². The lowest BCUT2D eigenvalue weighted by Gasteiger charge is -2.23. The molecule has 0 aliphatic heterocycles. The van der Waals surface area contributed by atoms with Crippen molar-refractivity contribution < 1.29 is 14.3 Å². The highest BCUT2D eigenvalue weighted by atomic mass is 16.5. The highest BCUT2D eigenvalue weighted by molar-refractivity contribution is 6.05. The standard InChI is InChI=1S/C27H32N4O5/c1-3-4-16-31-25(28)24(26(33)29-27(31)34)30(17-18-35-2)23(32)15-12-20-10-13-22(14-11-20)36-19-21-8-6-5-7-9-21/h5-15H,3-4,16-19,28H2,1-2H3,(H,29,33,34)/b15-12+. The van der Waals surface area contributed by atoms with Gasteiger partial charge in [-0.05, 0) is 35.8 Å². The molecule has 0 saturated heterocycles. The average Bonchev–Trinajstić information content (AvgIpc) is 2.89. The highest BCUT2D eigenvalue weighted by Gasteiger charge is 2.22. The molecule has 9 nitrogen and oxygen atoms in total. The fourth-order valence-electron chi connectivity index (χ4n) is 3.56. The number of hydrogen-bond donors (Lipinski definition) is 2. The summed E-state index contributed by atoms with van der Waals surface area (Å²) >= 11 is 0. The lowest BCUT2D eigenvalue weighted by Crippen LogP contribution is -2.42. The van der Waals surface area contributed by atoms with Gasteiger partial charge in [-0.25, -0.2) is 4.79 Å². The van der Waals surface area contributed by atoms with E-state index in [1.165, 1.54) is 22.7 Å². The topological polar surface area (TPSA) is 120 Å². The third kappa shape index (κ3) is 6.96. The number of H-pyrrole nitrogens is 1. The first kappa shape index (κ1) is 26.5. The number of amides is 1. The monoisotopic (exact) mass is 492 g/mol. The van der Waals surface area contributed by atoms with E-state index in [-0.39, 0.29) is 24.7 Å². The van der Waals surface area contributed by atoms with Gasteiger partial charge in [-0.2, -0.15) is 0 Å². The van der Waals surface area contributed by atoms with Crippen molar-refractivity contribution in [1.29, 1.82) is 0 Å². The summed E-state index contributed by atoms with van der Waals surface area (Å²) in [6.45, 7) is 3.05. The van der Waals surface area contributed by atoms with Gasteiger partial charge in [0.25, 0.3) is 11.5 Å². The number of carbonyl (C=O) groups is 1. The molecule has 0 bridgehead atoms. The summed E-state index contributed by atoms with van der Waals surface area (Å²) < 4.78 is 12.2. The van der Waals surface area contributed by atoms with Gasteiger partial charge in [0.2, 0.25) is 0 Å². The molecule has 1 amide bonds. The number of hydrogen-bond acceptors (Lipinski definition) is 6. The number of nitrogen functional groups attached to an aromatic ring is 1. The van der Waals surface area contributed by atoms with Crippen molar-refractivity contribution in [3.63, 3.8) is 0 Å². The van der Waals surface area contributed by atoms with Crippen molar-refractivity contribution in [3.8, 4) is 5.75 Å². The summed E-state index contributed by atoms with van der Waals surface area (Å²) in [6.07, 6.45) is 4.54. The molecule has 3 rings (SSSR count). The highest BCUT2D eigenvalue weighted by Crippen LogP contribution is 2.19. The second-order valence-corrected chi connectivity index (χ2v) is 8.16. The van der Waals surface area contributed by atoms with E-state index in [1.807, 2.05) is 61.5 Å². The molecule has 1 heterocycles. The number of aromatic amines is 1. The number of rotatable bonds is 12. The van der Waals surface area contributed by atoms with E-state index in [4.69, 9.17) is 15.2 Å². The van der Waals surface area contributed by atoms with E-state index >= 15 is 0 Å². The smallest absolute Gasteiger partial charge is 0.330 e. The third-order valence-corrected chi connectivity index (χ3v) is 5.55. The minimum absolute atomic E-state index is 0.0463. The van der Waals surface area contributed by atoms with Gasteiger partial charge in [0.15, 0.2) is 5.69 Å². The van der Waals surface area contributed by atoms with Crippen LogP contribution in [-0.2, 0) is 22.7 Å². The van der Waals surface area contributed by atoms with Crippen LogP contribution in [0.1, 0.15) is 30.9 Å². The molecule has 3 N–H and O–H groups in total. The molecule has 0 aliphatic carbocycles. The number of benzene rings is 2. The van der Waals surface area contributed by atoms with Crippen LogP contribution in [-0.4, -0.2) is 35.7 Å². The van der Waals surface area contributed by atoms with Gasteiger partial charge < -0.3 is 15.2 Å². The van der Waals surface area contributed by atoms with Gasteiger partial charge in [-0.3, -0.25) is 24.0 Å². The molecule has 1 aromatic heterocycles. The molecule has 2 aromatic carbocycles. The Morgan fingerprint density at radius 2 is 1.83 bits per heavy atom. The van der Waals surface area contributed by atoms with Gasteiger partial charge in [-0.1, -0.05) is 55.8 Å². The van der Waals surface area contributed by atoms with Gasteiger partial charge in [-0.15, -0.1) is 0 Å². The fraction of sp³-hybridized carbons (Fsp3) is 0.296. The molecule has 9 heteroatoms. The summed E-state index contributed by atoms with van der Waals surface area (Å²) in [5.74, 6) is 0.196. The Balaban J connectivity index is 1.78. The summed E-state index contributed by atoms with van der Waals surface area (Å²) in [6, 6.07) is 17.2. The number of nitrogens with two attached hydrogens (primary N) is 1. The molecule has 36 heavy (non-hydrogen) atoms. The van der Waals surface area contributed by atoms with Gasteiger partial charge >= 0.3 is 5.69 Å². The molecular formula is C27H32N4O5. The molecule has 0 unspecified atom stereocenters. The maximum atomic E-state index is 13.1. The minimum Gasteiger partial charge on any atom is -0.489 e. The van der Waals surface area contributed by atoms with Crippen LogP contribution in [0.4, 0.5) is 11.5 Å². The molecular weight excluding hydrogens is 460 g/mol. The first-order chi connectivity index (χ1) is 17.4. The first-order valence-corrected chi connectivity index (χ1v) is 11.8. The fourth-order valence-corrected chi connectivity index (χ4v) is 3.56. The van der Waals surface area contributed by atoms with E-state index in [2.05, 4.69) is 4.98 Å². The first-order valence-electron chi connectivity index (χ1n) is 11.8. The molecule has 0 radical (unpaired) electrons. The van der Waals surface area contributed by atoms with E-state index in [0.29, 0.717) is 25.3 Å². The average molecular weight is 493 g/mol. The van der Waals surface area contributed by atoms with Gasteiger partial charge in [0, 0.05) is 26.3 Å². The van der Waals surface area contributed by atoms with Crippen molar-refractivity contribution in [2.24, 2.45) is 0 Å². The summed E-state index contributed by atoms with van der Waals surface area (Å²) in [7, 11) is 1.50. The Morgan fingerprint density at radius 1 is 1.11 bits per heavy atom. The Morgan fingerprint density at radius 3 is 2.50 bits per heavy atom. The predicted octanol–water partition coefficient (Wildman–Crippen LogP) is 3.19. The maximum absolute atomic E-state index is 13.1. The summed E-state index contributed by atoms with van der Waals surface area (Å²) in [5.41, 5.74) is 6.66. The largest absolute Gasteiger partial charge is 0.489 e. The Bertz CT molecular complexity index is 1280. The van der Waals surface area contributed by atoms with Crippen LogP contribution < -0.4 is 26.6 Å². The van der Waals surface area contributed by atoms with Crippen LogP contribution in [0, 0.1) is 0 Å². The number of nitrogens with zero attached hydrogens (tertiary/aromatic N) is 2. The van der Waals surface area contributed by atoms with E-state index in [0.717, 1.165) is 17.5 Å². The normalized spacial score (nSPS) is 11.1. The molecule has 0 atom stereocenters. The van der Waals surface area contributed by atoms with Crippen LogP contribution in [0.5, 0.6) is 5.75 Å². The number of methoxy groups -OCH3 is 1. The second-order valence-electron chi connectivity index (χ2n) is 8.16. The minimum atomic E-state index is -0.719. The molecule has 0 fully saturated rings. The van der Waals surface area contributed by atoms with Crippen molar-refractivity contribution in [3.05, 3.63) is 92.6 Å². The van der Waals surface area contributed by atoms with Crippen LogP contribution >= 0.6 is 0 Å². The van der Waals surface area contributed by atoms with Crippen molar-refractivity contribution in [2.75, 3.05) is 30.9 Å². The van der Waals surface area contributed by atoms with E-state index < -0.39 is 17.2 Å². The SMILES string of the molecule is CCCCn1c(N)c(N(CCOC)C(=O)/C=C/c2ccc(OCc3ccccc3)cc2)c(=O)[nH]c1=O. The Labute approximate surface area is 209 Å². The zero-order chi connectivity index (χ0) is 25.9. The zero-order valence-electron chi connectivity index (χ0n) is 20.6. The molecule has 190 valence electrons. The maximum Gasteiger partial charge on any atom is 0.330 e. The lowest BCUT2D eigenvalue weighted by atomic mass is 10.2. The number of unbranched alkanes of at least 4 members (excludes halogenated alkanes) is 1. The van der Waals surface area contributed by atoms with E-state index in [9.17, 15) is 14.4 Å². The number of carbonyl (C=O) groups excluding carboxylic acids is 1.